The van der Waals surface area contributed by atoms with Crippen LogP contribution in [-0.4, -0.2) is 54.1 Å². The van der Waals surface area contributed by atoms with Crippen LogP contribution in [0.2, 0.25) is 0 Å². The second-order valence-corrected chi connectivity index (χ2v) is 6.80. The minimum atomic E-state index is 0.474. The average molecular weight is 251 g/mol. The van der Waals surface area contributed by atoms with Gasteiger partial charge in [0.15, 0.2) is 0 Å². The Hall–Kier alpha value is -0.120. The number of piperidine rings is 1. The molecule has 18 heavy (non-hydrogen) atoms. The largest absolute Gasteiger partial charge is 0.327 e. The lowest BCUT2D eigenvalue weighted by atomic mass is 9.95. The van der Waals surface area contributed by atoms with Crippen molar-refractivity contribution in [3.63, 3.8) is 0 Å². The van der Waals surface area contributed by atoms with E-state index >= 15 is 0 Å². The number of fused-ring (bicyclic) bond motifs is 1. The normalized spacial score (nSPS) is 43.0. The van der Waals surface area contributed by atoms with Crippen LogP contribution in [0.4, 0.5) is 0 Å². The second-order valence-electron chi connectivity index (χ2n) is 6.80. The molecule has 2 saturated heterocycles. The Labute approximate surface area is 112 Å². The maximum absolute atomic E-state index is 6.24. The van der Waals surface area contributed by atoms with Gasteiger partial charge in [-0.3, -0.25) is 9.80 Å². The van der Waals surface area contributed by atoms with Gasteiger partial charge in [-0.2, -0.15) is 0 Å². The van der Waals surface area contributed by atoms with Crippen molar-refractivity contribution in [1.29, 1.82) is 0 Å². The summed E-state index contributed by atoms with van der Waals surface area (Å²) in [5, 5.41) is 0. The third-order valence-corrected chi connectivity index (χ3v) is 5.50. The van der Waals surface area contributed by atoms with Crippen molar-refractivity contribution < 1.29 is 0 Å². The highest BCUT2D eigenvalue weighted by Crippen LogP contribution is 2.29. The number of nitrogens with two attached hydrogens (primary N) is 1. The summed E-state index contributed by atoms with van der Waals surface area (Å²) in [6.07, 6.45) is 8.23. The van der Waals surface area contributed by atoms with Gasteiger partial charge in [0.2, 0.25) is 0 Å². The fourth-order valence-corrected chi connectivity index (χ4v) is 4.26. The molecule has 0 aromatic carbocycles. The molecular formula is C15H29N3. The number of piperazine rings is 1. The van der Waals surface area contributed by atoms with E-state index in [0.717, 1.165) is 18.0 Å². The summed E-state index contributed by atoms with van der Waals surface area (Å²) < 4.78 is 0. The highest BCUT2D eigenvalue weighted by molar-refractivity contribution is 4.91. The van der Waals surface area contributed by atoms with Gasteiger partial charge in [-0.05, 0) is 45.1 Å². The molecule has 1 aliphatic carbocycles. The van der Waals surface area contributed by atoms with Crippen LogP contribution in [0.5, 0.6) is 0 Å². The van der Waals surface area contributed by atoms with Crippen LogP contribution in [0.25, 0.3) is 0 Å². The molecule has 1 saturated carbocycles. The molecule has 3 fully saturated rings. The van der Waals surface area contributed by atoms with Gasteiger partial charge in [-0.1, -0.05) is 12.8 Å². The maximum Gasteiger partial charge on any atom is 0.0223 e. The van der Waals surface area contributed by atoms with Crippen LogP contribution in [0.1, 0.15) is 45.4 Å². The first-order valence-electron chi connectivity index (χ1n) is 7.97. The SMILES string of the molecule is CC1CN2CCCCC2CN1CC1CCCC1N. The summed E-state index contributed by atoms with van der Waals surface area (Å²) in [6.45, 7) is 7.58. The van der Waals surface area contributed by atoms with E-state index in [-0.39, 0.29) is 0 Å². The molecule has 2 N–H and O–H groups in total. The predicted molar refractivity (Wildman–Crippen MR) is 75.6 cm³/mol. The van der Waals surface area contributed by atoms with Crippen LogP contribution < -0.4 is 5.73 Å². The zero-order valence-corrected chi connectivity index (χ0v) is 11.9. The molecule has 3 nitrogen and oxygen atoms in total. The molecule has 3 rings (SSSR count). The smallest absolute Gasteiger partial charge is 0.0223 e. The summed E-state index contributed by atoms with van der Waals surface area (Å²) >= 11 is 0. The van der Waals surface area contributed by atoms with Crippen LogP contribution >= 0.6 is 0 Å². The monoisotopic (exact) mass is 251 g/mol. The van der Waals surface area contributed by atoms with Gasteiger partial charge in [-0.25, -0.2) is 0 Å². The molecule has 0 bridgehead atoms. The molecule has 0 aromatic rings. The van der Waals surface area contributed by atoms with E-state index in [0.29, 0.717) is 6.04 Å². The molecule has 3 heteroatoms. The second kappa shape index (κ2) is 5.48. The Morgan fingerprint density at radius 2 is 1.94 bits per heavy atom. The predicted octanol–water partition coefficient (Wildman–Crippen LogP) is 1.67. The standard InChI is InChI=1S/C15H29N3/c1-12-9-17-8-3-2-6-14(17)11-18(12)10-13-5-4-7-15(13)16/h12-15H,2-11,16H2,1H3. The highest BCUT2D eigenvalue weighted by Gasteiger charge is 2.35. The third-order valence-electron chi connectivity index (χ3n) is 5.50. The Morgan fingerprint density at radius 1 is 1.06 bits per heavy atom. The van der Waals surface area contributed by atoms with Gasteiger partial charge in [0.1, 0.15) is 0 Å². The molecule has 4 unspecified atom stereocenters. The van der Waals surface area contributed by atoms with Gasteiger partial charge in [0.05, 0.1) is 0 Å². The fraction of sp³-hybridized carbons (Fsp3) is 1.00. The zero-order chi connectivity index (χ0) is 12.5. The molecule has 4 atom stereocenters. The Bertz CT molecular complexity index is 281. The molecule has 0 spiro atoms. The Morgan fingerprint density at radius 3 is 2.72 bits per heavy atom. The molecule has 0 radical (unpaired) electrons. The van der Waals surface area contributed by atoms with Crippen molar-refractivity contribution >= 4 is 0 Å². The molecule has 2 aliphatic heterocycles. The maximum atomic E-state index is 6.24. The lowest BCUT2D eigenvalue weighted by Gasteiger charge is -2.48. The number of nitrogens with zero attached hydrogens (tertiary/aromatic N) is 2. The fourth-order valence-electron chi connectivity index (χ4n) is 4.26. The van der Waals surface area contributed by atoms with Gasteiger partial charge >= 0.3 is 0 Å². The van der Waals surface area contributed by atoms with Crippen molar-refractivity contribution in [2.24, 2.45) is 11.7 Å². The van der Waals surface area contributed by atoms with Gasteiger partial charge in [0, 0.05) is 37.8 Å². The third kappa shape index (κ3) is 2.59. The van der Waals surface area contributed by atoms with Gasteiger partial charge in [0.25, 0.3) is 0 Å². The quantitative estimate of drug-likeness (QED) is 0.810. The van der Waals surface area contributed by atoms with Crippen LogP contribution in [0, 0.1) is 5.92 Å². The summed E-state index contributed by atoms with van der Waals surface area (Å²) in [5.41, 5.74) is 6.24. The average Bonchev–Trinajstić information content (AvgIpc) is 2.76. The summed E-state index contributed by atoms with van der Waals surface area (Å²) in [6, 6.07) is 2.04. The summed E-state index contributed by atoms with van der Waals surface area (Å²) in [5.74, 6) is 0.766. The van der Waals surface area contributed by atoms with E-state index in [2.05, 4.69) is 16.7 Å². The van der Waals surface area contributed by atoms with E-state index in [1.54, 1.807) is 0 Å². The van der Waals surface area contributed by atoms with Gasteiger partial charge in [-0.15, -0.1) is 0 Å². The first-order chi connectivity index (χ1) is 8.74. The zero-order valence-electron chi connectivity index (χ0n) is 11.9. The van der Waals surface area contributed by atoms with Crippen molar-refractivity contribution in [2.45, 2.75) is 63.6 Å². The first kappa shape index (κ1) is 12.9. The van der Waals surface area contributed by atoms with Crippen molar-refractivity contribution in [3.05, 3.63) is 0 Å². The van der Waals surface area contributed by atoms with Crippen LogP contribution in [-0.2, 0) is 0 Å². The van der Waals surface area contributed by atoms with Crippen molar-refractivity contribution in [2.75, 3.05) is 26.2 Å². The lowest BCUT2D eigenvalue weighted by Crippen LogP contribution is -2.59. The summed E-state index contributed by atoms with van der Waals surface area (Å²) in [4.78, 5) is 5.47. The Balaban J connectivity index is 1.58. The molecule has 2 heterocycles. The summed E-state index contributed by atoms with van der Waals surface area (Å²) in [7, 11) is 0. The minimum absolute atomic E-state index is 0.474. The van der Waals surface area contributed by atoms with Crippen LogP contribution in [0.15, 0.2) is 0 Å². The van der Waals surface area contributed by atoms with E-state index < -0.39 is 0 Å². The lowest BCUT2D eigenvalue weighted by molar-refractivity contribution is 0.00713. The van der Waals surface area contributed by atoms with Crippen molar-refractivity contribution in [3.8, 4) is 0 Å². The van der Waals surface area contributed by atoms with E-state index in [1.807, 2.05) is 0 Å². The van der Waals surface area contributed by atoms with E-state index in [9.17, 15) is 0 Å². The molecule has 0 amide bonds. The Kier molecular flexibility index (Phi) is 3.92. The topological polar surface area (TPSA) is 32.5 Å². The molecule has 104 valence electrons. The molecule has 3 aliphatic rings. The van der Waals surface area contributed by atoms with Crippen molar-refractivity contribution in [1.82, 2.24) is 9.80 Å². The number of rotatable bonds is 2. The molecule has 0 aromatic heterocycles. The molecular weight excluding hydrogens is 222 g/mol. The van der Waals surface area contributed by atoms with E-state index in [1.165, 1.54) is 64.7 Å². The number of hydrogen-bond acceptors (Lipinski definition) is 3. The van der Waals surface area contributed by atoms with Crippen LogP contribution in [0.3, 0.4) is 0 Å². The number of hydrogen-bond donors (Lipinski definition) is 1. The highest BCUT2D eigenvalue weighted by atomic mass is 15.3. The minimum Gasteiger partial charge on any atom is -0.327 e. The van der Waals surface area contributed by atoms with E-state index in [4.69, 9.17) is 5.73 Å². The first-order valence-corrected chi connectivity index (χ1v) is 7.97. The van der Waals surface area contributed by atoms with Gasteiger partial charge < -0.3 is 5.73 Å².